The van der Waals surface area contributed by atoms with Crippen molar-refractivity contribution in [2.24, 2.45) is 0 Å². The average molecular weight is 287 g/mol. The van der Waals surface area contributed by atoms with Gasteiger partial charge < -0.3 is 0 Å². The maximum absolute atomic E-state index is 6.09. The normalized spacial score (nSPS) is 24.3. The molecule has 2 aromatic rings. The number of halogens is 1. The zero-order valence-electron chi connectivity index (χ0n) is 10.1. The van der Waals surface area contributed by atoms with E-state index in [1.54, 1.807) is 0 Å². The molecule has 19 heavy (non-hydrogen) atoms. The molecule has 4 rings (SSSR count). The molecule has 2 unspecified atom stereocenters. The van der Waals surface area contributed by atoms with Crippen molar-refractivity contribution in [1.29, 1.82) is 0 Å². The van der Waals surface area contributed by atoms with Crippen LogP contribution in [0.1, 0.15) is 18.0 Å². The topological polar surface area (TPSA) is 25.8 Å². The predicted octanol–water partition coefficient (Wildman–Crippen LogP) is 4.36. The van der Waals surface area contributed by atoms with Crippen LogP contribution in [0.3, 0.4) is 0 Å². The van der Waals surface area contributed by atoms with Gasteiger partial charge in [0.1, 0.15) is 0 Å². The Morgan fingerprint density at radius 3 is 3.11 bits per heavy atom. The van der Waals surface area contributed by atoms with Crippen LogP contribution < -0.4 is 0 Å². The van der Waals surface area contributed by atoms with Crippen LogP contribution in [-0.4, -0.2) is 15.2 Å². The molecule has 0 saturated carbocycles. The summed E-state index contributed by atoms with van der Waals surface area (Å²) in [4.78, 5) is 10.1. The molecule has 1 aliphatic carbocycles. The molecule has 2 atom stereocenters. The fourth-order valence-corrected chi connectivity index (χ4v) is 4.33. The van der Waals surface area contributed by atoms with Gasteiger partial charge in [0.2, 0.25) is 5.28 Å². The molecule has 1 aromatic carbocycles. The Labute approximate surface area is 120 Å². The maximum Gasteiger partial charge on any atom is 0.223 e. The summed E-state index contributed by atoms with van der Waals surface area (Å²) in [5.41, 5.74) is 2.06. The van der Waals surface area contributed by atoms with Crippen LogP contribution in [0, 0.1) is 0 Å². The van der Waals surface area contributed by atoms with Crippen molar-refractivity contribution >= 4 is 34.3 Å². The summed E-state index contributed by atoms with van der Waals surface area (Å²) in [7, 11) is 0. The SMILES string of the molecule is Clc1nc2c3c(cccc3n1)SC1C=CC=CCC21. The highest BCUT2D eigenvalue weighted by Crippen LogP contribution is 2.47. The Kier molecular flexibility index (Phi) is 2.64. The second-order valence-corrected chi connectivity index (χ2v) is 6.32. The fraction of sp³-hybridized carbons (Fsp3) is 0.200. The number of thioether (sulfide) groups is 1. The van der Waals surface area contributed by atoms with Crippen LogP contribution in [-0.2, 0) is 0 Å². The first-order chi connectivity index (χ1) is 9.33. The molecular weight excluding hydrogens is 276 g/mol. The lowest BCUT2D eigenvalue weighted by molar-refractivity contribution is 0.702. The van der Waals surface area contributed by atoms with Crippen LogP contribution in [0.5, 0.6) is 0 Å². The smallest absolute Gasteiger partial charge is 0.222 e. The summed E-state index contributed by atoms with van der Waals surface area (Å²) in [5.74, 6) is 0.387. The summed E-state index contributed by atoms with van der Waals surface area (Å²) in [5, 5.41) is 1.96. The van der Waals surface area contributed by atoms with Gasteiger partial charge in [-0.3, -0.25) is 0 Å². The molecule has 0 spiro atoms. The molecular formula is C15H11ClN2S. The molecule has 0 fully saturated rings. The Hall–Kier alpha value is -1.32. The van der Waals surface area contributed by atoms with Gasteiger partial charge in [0.15, 0.2) is 0 Å². The highest BCUT2D eigenvalue weighted by molar-refractivity contribution is 8.00. The first-order valence-electron chi connectivity index (χ1n) is 6.29. The van der Waals surface area contributed by atoms with Gasteiger partial charge in [-0.1, -0.05) is 30.4 Å². The molecule has 0 N–H and O–H groups in total. The Morgan fingerprint density at radius 1 is 1.21 bits per heavy atom. The Bertz CT molecular complexity index is 723. The van der Waals surface area contributed by atoms with Crippen molar-refractivity contribution in [2.45, 2.75) is 22.5 Å². The van der Waals surface area contributed by atoms with Crippen molar-refractivity contribution in [2.75, 3.05) is 0 Å². The molecule has 2 nitrogen and oxygen atoms in total. The van der Waals surface area contributed by atoms with E-state index in [1.807, 2.05) is 23.9 Å². The van der Waals surface area contributed by atoms with Gasteiger partial charge in [-0.05, 0) is 30.2 Å². The van der Waals surface area contributed by atoms with Crippen LogP contribution in [0.4, 0.5) is 0 Å². The highest BCUT2D eigenvalue weighted by atomic mass is 35.5. The number of hydrogen-bond acceptors (Lipinski definition) is 3. The third kappa shape index (κ3) is 1.80. The minimum atomic E-state index is 0.350. The third-order valence-corrected chi connectivity index (χ3v) is 5.16. The number of nitrogens with zero attached hydrogens (tertiary/aromatic N) is 2. The van der Waals surface area contributed by atoms with E-state index in [0.29, 0.717) is 16.5 Å². The van der Waals surface area contributed by atoms with Crippen LogP contribution in [0.25, 0.3) is 10.9 Å². The number of benzene rings is 1. The molecule has 2 aliphatic rings. The Morgan fingerprint density at radius 2 is 2.16 bits per heavy atom. The van der Waals surface area contributed by atoms with Gasteiger partial charge in [0.05, 0.1) is 11.2 Å². The second-order valence-electron chi connectivity index (χ2n) is 4.77. The monoisotopic (exact) mass is 286 g/mol. The van der Waals surface area contributed by atoms with Crippen molar-refractivity contribution in [1.82, 2.24) is 9.97 Å². The minimum absolute atomic E-state index is 0.350. The standard InChI is InChI=1S/C15H11ClN2S/c16-15-17-10-6-4-8-12-13(10)14(18-15)9-5-2-1-3-7-11(9)19-12/h1-4,6-9,11H,5H2. The van der Waals surface area contributed by atoms with Gasteiger partial charge in [0, 0.05) is 21.4 Å². The number of rotatable bonds is 0. The molecule has 1 aromatic heterocycles. The molecule has 94 valence electrons. The summed E-state index contributed by atoms with van der Waals surface area (Å²) in [6.07, 6.45) is 9.71. The first kappa shape index (κ1) is 11.5. The average Bonchev–Trinajstić information content (AvgIpc) is 2.64. The van der Waals surface area contributed by atoms with E-state index in [-0.39, 0.29) is 0 Å². The molecule has 0 radical (unpaired) electrons. The van der Waals surface area contributed by atoms with Crippen molar-refractivity contribution in [3.8, 4) is 0 Å². The van der Waals surface area contributed by atoms with Crippen LogP contribution in [0.2, 0.25) is 5.28 Å². The van der Waals surface area contributed by atoms with Gasteiger partial charge >= 0.3 is 0 Å². The lowest BCUT2D eigenvalue weighted by Crippen LogP contribution is -2.18. The van der Waals surface area contributed by atoms with E-state index >= 15 is 0 Å². The number of hydrogen-bond donors (Lipinski definition) is 0. The van der Waals surface area contributed by atoms with E-state index in [1.165, 1.54) is 10.3 Å². The van der Waals surface area contributed by atoms with Gasteiger partial charge in [0.25, 0.3) is 0 Å². The van der Waals surface area contributed by atoms with Crippen molar-refractivity contribution in [3.05, 3.63) is 53.5 Å². The van der Waals surface area contributed by atoms with E-state index in [2.05, 4.69) is 40.3 Å². The van der Waals surface area contributed by atoms with Gasteiger partial charge in [-0.25, -0.2) is 9.97 Å². The lowest BCUT2D eigenvalue weighted by Gasteiger charge is -2.29. The van der Waals surface area contributed by atoms with Gasteiger partial charge in [-0.2, -0.15) is 0 Å². The third-order valence-electron chi connectivity index (χ3n) is 3.63. The highest BCUT2D eigenvalue weighted by Gasteiger charge is 2.31. The first-order valence-corrected chi connectivity index (χ1v) is 7.55. The van der Waals surface area contributed by atoms with Crippen LogP contribution >= 0.6 is 23.4 Å². The fourth-order valence-electron chi connectivity index (χ4n) is 2.80. The molecule has 4 heteroatoms. The van der Waals surface area contributed by atoms with Gasteiger partial charge in [-0.15, -0.1) is 11.8 Å². The molecule has 1 aliphatic heterocycles. The maximum atomic E-state index is 6.09. The zero-order valence-corrected chi connectivity index (χ0v) is 11.7. The molecule has 0 bridgehead atoms. The van der Waals surface area contributed by atoms with Crippen molar-refractivity contribution < 1.29 is 0 Å². The summed E-state index contributed by atoms with van der Waals surface area (Å²) >= 11 is 7.99. The van der Waals surface area contributed by atoms with E-state index in [0.717, 1.165) is 17.6 Å². The molecule has 2 heterocycles. The van der Waals surface area contributed by atoms with E-state index in [4.69, 9.17) is 11.6 Å². The summed E-state index contributed by atoms with van der Waals surface area (Å²) in [6.45, 7) is 0. The van der Waals surface area contributed by atoms with Crippen molar-refractivity contribution in [3.63, 3.8) is 0 Å². The molecule has 0 saturated heterocycles. The zero-order chi connectivity index (χ0) is 12.8. The largest absolute Gasteiger partial charge is 0.223 e. The van der Waals surface area contributed by atoms with E-state index < -0.39 is 0 Å². The number of fused-ring (bicyclic) bond motifs is 2. The second kappa shape index (κ2) is 4.36. The quantitative estimate of drug-likeness (QED) is 0.673. The van der Waals surface area contributed by atoms with E-state index in [9.17, 15) is 0 Å². The summed E-state index contributed by atoms with van der Waals surface area (Å²) in [6, 6.07) is 6.20. The minimum Gasteiger partial charge on any atom is -0.222 e. The summed E-state index contributed by atoms with van der Waals surface area (Å²) < 4.78 is 0. The number of allylic oxidation sites excluding steroid dienone is 3. The number of aromatic nitrogens is 2. The predicted molar refractivity (Wildman–Crippen MR) is 79.8 cm³/mol. The van der Waals surface area contributed by atoms with Crippen LogP contribution in [0.15, 0.2) is 47.4 Å². The molecule has 0 amide bonds. The Balaban J connectivity index is 2.03. The lowest BCUT2D eigenvalue weighted by atomic mass is 9.93.